The Labute approximate surface area is 182 Å². The van der Waals surface area contributed by atoms with Crippen LogP contribution in [0.25, 0.3) is 0 Å². The van der Waals surface area contributed by atoms with Crippen molar-refractivity contribution >= 4 is 46.4 Å². The number of carbonyl (C=O) groups is 3. The van der Waals surface area contributed by atoms with Crippen molar-refractivity contribution in [1.29, 1.82) is 0 Å². The molecule has 156 valence electrons. The highest BCUT2D eigenvalue weighted by molar-refractivity contribution is 6.50. The number of nitrogens with zero attached hydrogens (tertiary/aromatic N) is 4. The Morgan fingerprint density at radius 1 is 1.07 bits per heavy atom. The smallest absolute Gasteiger partial charge is 0.269 e. The Hall–Kier alpha value is -2.84. The highest BCUT2D eigenvalue weighted by Gasteiger charge is 2.28. The maximum atomic E-state index is 13.1. The first-order valence-corrected chi connectivity index (χ1v) is 9.77. The largest absolute Gasteiger partial charge is 0.292 e. The van der Waals surface area contributed by atoms with Crippen molar-refractivity contribution in [3.63, 3.8) is 0 Å². The topological polar surface area (TPSA) is 102 Å². The predicted octanol–water partition coefficient (Wildman–Crippen LogP) is 2.58. The van der Waals surface area contributed by atoms with Crippen LogP contribution in [0.4, 0.5) is 0 Å². The summed E-state index contributed by atoms with van der Waals surface area (Å²) in [5, 5.41) is 9.08. The van der Waals surface area contributed by atoms with Crippen molar-refractivity contribution in [2.24, 2.45) is 12.1 Å². The number of hydrogen-bond donors (Lipinski definition) is 0. The molecule has 1 aromatic heterocycles. The third-order valence-corrected chi connectivity index (χ3v) is 5.27. The van der Waals surface area contributed by atoms with Gasteiger partial charge in [0, 0.05) is 25.2 Å². The number of hydrazone groups is 1. The van der Waals surface area contributed by atoms with Crippen molar-refractivity contribution in [2.45, 2.75) is 26.2 Å². The number of hydrogen-bond acceptors (Lipinski definition) is 6. The van der Waals surface area contributed by atoms with E-state index in [1.54, 1.807) is 0 Å². The van der Waals surface area contributed by atoms with Crippen molar-refractivity contribution in [3.05, 3.63) is 61.0 Å². The van der Waals surface area contributed by atoms with Crippen molar-refractivity contribution in [2.75, 3.05) is 7.05 Å². The third-order valence-electron chi connectivity index (χ3n) is 4.67. The highest BCUT2D eigenvalue weighted by Crippen LogP contribution is 2.30. The van der Waals surface area contributed by atoms with Crippen LogP contribution in [0.1, 0.15) is 53.4 Å². The first-order chi connectivity index (χ1) is 14.0. The summed E-state index contributed by atoms with van der Waals surface area (Å²) in [5.74, 6) is -1.56. The van der Waals surface area contributed by atoms with E-state index in [4.69, 9.17) is 23.2 Å². The van der Waals surface area contributed by atoms with Gasteiger partial charge in [0.2, 0.25) is 11.7 Å². The zero-order valence-corrected chi connectivity index (χ0v) is 18.2. The van der Waals surface area contributed by atoms with E-state index in [0.717, 1.165) is 9.69 Å². The van der Waals surface area contributed by atoms with E-state index in [2.05, 4.69) is 10.2 Å². The minimum absolute atomic E-state index is 0.000645. The number of ketones is 2. The molecule has 0 bridgehead atoms. The second-order valence-corrected chi connectivity index (χ2v) is 7.99. The summed E-state index contributed by atoms with van der Waals surface area (Å²) in [6.45, 7) is 3.67. The molecule has 0 spiro atoms. The monoisotopic (exact) mass is 448 g/mol. The third kappa shape index (κ3) is 3.93. The van der Waals surface area contributed by atoms with Crippen LogP contribution in [-0.2, 0) is 16.6 Å². The standard InChI is InChI=1S/C20H18Cl2N4O4/c1-9(2)11-7-14(23-26(4)20(11)30)19(29)17-12(21)5-10(6-13(17)22)18-15(27)8-16(28)25(3)24-18/h5-7,9H,8H2,1-4H3. The van der Waals surface area contributed by atoms with Gasteiger partial charge in [-0.1, -0.05) is 37.0 Å². The first kappa shape index (κ1) is 21.9. The van der Waals surface area contributed by atoms with Gasteiger partial charge in [-0.15, -0.1) is 0 Å². The lowest BCUT2D eigenvalue weighted by Crippen LogP contribution is -2.35. The van der Waals surface area contributed by atoms with Gasteiger partial charge in [-0.3, -0.25) is 19.2 Å². The Bertz CT molecular complexity index is 1160. The highest BCUT2D eigenvalue weighted by atomic mass is 35.5. The maximum Gasteiger partial charge on any atom is 0.269 e. The minimum Gasteiger partial charge on any atom is -0.292 e. The van der Waals surface area contributed by atoms with E-state index in [9.17, 15) is 19.2 Å². The average Bonchev–Trinajstić information content (AvgIpc) is 2.65. The molecular weight excluding hydrogens is 431 g/mol. The van der Waals surface area contributed by atoms with Gasteiger partial charge in [-0.25, -0.2) is 9.69 Å². The van der Waals surface area contributed by atoms with E-state index in [1.807, 2.05) is 13.8 Å². The molecule has 0 saturated heterocycles. The van der Waals surface area contributed by atoms with Crippen LogP contribution in [0.5, 0.6) is 0 Å². The summed E-state index contributed by atoms with van der Waals surface area (Å²) in [4.78, 5) is 49.1. The SMILES string of the molecule is CC(C)c1cc(C(=O)c2c(Cl)cc(C3=NN(C)C(=O)CC3=O)cc2Cl)nn(C)c1=O. The van der Waals surface area contributed by atoms with Gasteiger partial charge in [0.25, 0.3) is 5.56 Å². The van der Waals surface area contributed by atoms with Gasteiger partial charge in [0.05, 0.1) is 22.0 Å². The van der Waals surface area contributed by atoms with Crippen LogP contribution in [0.2, 0.25) is 10.0 Å². The number of amides is 1. The zero-order valence-electron chi connectivity index (χ0n) is 16.7. The summed E-state index contributed by atoms with van der Waals surface area (Å²) < 4.78 is 1.10. The summed E-state index contributed by atoms with van der Waals surface area (Å²) in [5.41, 5.74) is 0.491. The molecule has 1 aliphatic rings. The van der Waals surface area contributed by atoms with E-state index >= 15 is 0 Å². The van der Waals surface area contributed by atoms with Crippen molar-refractivity contribution < 1.29 is 14.4 Å². The molecule has 8 nitrogen and oxygen atoms in total. The van der Waals surface area contributed by atoms with Gasteiger partial charge in [0.15, 0.2) is 5.78 Å². The van der Waals surface area contributed by atoms with Crippen LogP contribution in [0.3, 0.4) is 0 Å². The Morgan fingerprint density at radius 2 is 1.67 bits per heavy atom. The lowest BCUT2D eigenvalue weighted by Gasteiger charge is -2.19. The lowest BCUT2D eigenvalue weighted by molar-refractivity contribution is -0.133. The number of benzene rings is 1. The summed E-state index contributed by atoms with van der Waals surface area (Å²) >= 11 is 12.7. The number of Topliss-reactive ketones (excluding diaryl/α,β-unsaturated/α-hetero) is 1. The van der Waals surface area contributed by atoms with Gasteiger partial charge in [0.1, 0.15) is 11.4 Å². The lowest BCUT2D eigenvalue weighted by atomic mass is 9.98. The Kier molecular flexibility index (Phi) is 5.92. The van der Waals surface area contributed by atoms with Gasteiger partial charge in [-0.05, 0) is 24.1 Å². The number of aromatic nitrogens is 2. The average molecular weight is 449 g/mol. The molecule has 2 aromatic rings. The summed E-state index contributed by atoms with van der Waals surface area (Å²) in [6.07, 6.45) is -0.314. The Morgan fingerprint density at radius 3 is 2.23 bits per heavy atom. The van der Waals surface area contributed by atoms with Crippen LogP contribution < -0.4 is 5.56 Å². The molecule has 0 radical (unpaired) electrons. The van der Waals surface area contributed by atoms with E-state index in [-0.39, 0.29) is 44.9 Å². The number of carbonyl (C=O) groups excluding carboxylic acids is 3. The number of halogens is 2. The normalized spacial score (nSPS) is 14.4. The van der Waals surface area contributed by atoms with Crippen LogP contribution >= 0.6 is 23.2 Å². The van der Waals surface area contributed by atoms with Gasteiger partial charge < -0.3 is 0 Å². The second kappa shape index (κ2) is 8.12. The number of rotatable bonds is 4. The van der Waals surface area contributed by atoms with Crippen LogP contribution in [0, 0.1) is 0 Å². The molecule has 0 unspecified atom stereocenters. The molecule has 2 heterocycles. The molecule has 0 fully saturated rings. The molecular formula is C20H18Cl2N4O4. The van der Waals surface area contributed by atoms with Crippen LogP contribution in [-0.4, -0.2) is 45.0 Å². The molecule has 0 saturated carbocycles. The predicted molar refractivity (Wildman–Crippen MR) is 112 cm³/mol. The van der Waals surface area contributed by atoms with E-state index in [0.29, 0.717) is 11.1 Å². The molecule has 1 amide bonds. The fourth-order valence-corrected chi connectivity index (χ4v) is 3.69. The first-order valence-electron chi connectivity index (χ1n) is 9.02. The molecule has 0 aliphatic carbocycles. The second-order valence-electron chi connectivity index (χ2n) is 7.18. The summed E-state index contributed by atoms with van der Waals surface area (Å²) in [6, 6.07) is 4.23. The fraction of sp³-hybridized carbons (Fsp3) is 0.300. The van der Waals surface area contributed by atoms with Gasteiger partial charge >= 0.3 is 0 Å². The molecule has 3 rings (SSSR count). The zero-order chi connectivity index (χ0) is 22.3. The van der Waals surface area contributed by atoms with Gasteiger partial charge in [-0.2, -0.15) is 10.2 Å². The molecule has 10 heteroatoms. The molecule has 1 aliphatic heterocycles. The van der Waals surface area contributed by atoms with Crippen molar-refractivity contribution in [1.82, 2.24) is 14.8 Å². The molecule has 1 aromatic carbocycles. The fourth-order valence-electron chi connectivity index (χ4n) is 3.03. The summed E-state index contributed by atoms with van der Waals surface area (Å²) in [7, 11) is 2.90. The maximum absolute atomic E-state index is 13.1. The van der Waals surface area contributed by atoms with E-state index in [1.165, 1.54) is 32.3 Å². The minimum atomic E-state index is -0.557. The molecule has 0 atom stereocenters. The van der Waals surface area contributed by atoms with Crippen LogP contribution in [0.15, 0.2) is 28.1 Å². The quantitative estimate of drug-likeness (QED) is 0.528. The number of aryl methyl sites for hydroxylation is 1. The Balaban J connectivity index is 2.08. The molecule has 30 heavy (non-hydrogen) atoms. The van der Waals surface area contributed by atoms with Crippen molar-refractivity contribution in [3.8, 4) is 0 Å². The van der Waals surface area contributed by atoms with E-state index < -0.39 is 17.5 Å². The molecule has 0 N–H and O–H groups in total.